The van der Waals surface area contributed by atoms with Crippen molar-refractivity contribution in [3.8, 4) is 0 Å². The summed E-state index contributed by atoms with van der Waals surface area (Å²) in [4.78, 5) is 1.70. The van der Waals surface area contributed by atoms with Crippen LogP contribution in [0.1, 0.15) is 6.42 Å². The Bertz CT molecular complexity index is 136. The fourth-order valence-corrected chi connectivity index (χ4v) is 1.57. The van der Waals surface area contributed by atoms with Gasteiger partial charge in [-0.2, -0.15) is 0 Å². The fraction of sp³-hybridized carbons (Fsp3) is 1.00. The summed E-state index contributed by atoms with van der Waals surface area (Å²) in [7, 11) is -0.579. The first-order chi connectivity index (χ1) is 5.15. The molecule has 1 rings (SSSR count). The molecule has 0 radical (unpaired) electrons. The monoisotopic (exact) mass is 160 g/mol. The van der Waals surface area contributed by atoms with Crippen molar-refractivity contribution >= 4 is 7.05 Å². The molecule has 1 fully saturated rings. The maximum Gasteiger partial charge on any atom is 0.376 e. The van der Waals surface area contributed by atoms with Gasteiger partial charge in [0.1, 0.15) is 6.17 Å². The highest BCUT2D eigenvalue weighted by Gasteiger charge is 2.34. The van der Waals surface area contributed by atoms with E-state index in [0.29, 0.717) is 19.5 Å². The average Bonchev–Trinajstić information content (AvgIpc) is 2.30. The Labute approximate surface area is 66.5 Å². The molecule has 0 aromatic rings. The van der Waals surface area contributed by atoms with Crippen LogP contribution in [0.2, 0.25) is 6.82 Å². The van der Waals surface area contributed by atoms with Crippen molar-refractivity contribution in [2.24, 2.45) is 5.73 Å². The highest BCUT2D eigenvalue weighted by atomic mass is 19.1. The topological polar surface area (TPSA) is 49.5 Å². The summed E-state index contributed by atoms with van der Waals surface area (Å²) < 4.78 is 12.8. The minimum absolute atomic E-state index is 0.0185. The summed E-state index contributed by atoms with van der Waals surface area (Å²) in [5.41, 5.74) is 5.40. The van der Waals surface area contributed by atoms with Gasteiger partial charge in [-0.15, -0.1) is 0 Å². The minimum atomic E-state index is -0.821. The third-order valence-electron chi connectivity index (χ3n) is 2.16. The molecule has 0 amide bonds. The van der Waals surface area contributed by atoms with E-state index in [4.69, 9.17) is 5.73 Å². The third-order valence-corrected chi connectivity index (χ3v) is 2.16. The predicted octanol–water partition coefficient (Wildman–Crippen LogP) is -0.532. The lowest BCUT2D eigenvalue weighted by Crippen LogP contribution is -2.44. The van der Waals surface area contributed by atoms with Gasteiger partial charge in [0, 0.05) is 19.1 Å². The summed E-state index contributed by atoms with van der Waals surface area (Å²) in [5, 5.41) is 9.18. The van der Waals surface area contributed by atoms with Crippen molar-refractivity contribution < 1.29 is 9.41 Å². The van der Waals surface area contributed by atoms with Crippen LogP contribution in [0.25, 0.3) is 0 Å². The molecule has 0 aromatic carbocycles. The fourth-order valence-electron chi connectivity index (χ4n) is 1.57. The van der Waals surface area contributed by atoms with Gasteiger partial charge in [-0.3, -0.25) is 0 Å². The maximum absolute atomic E-state index is 12.8. The van der Waals surface area contributed by atoms with Gasteiger partial charge in [-0.1, -0.05) is 0 Å². The molecular formula is C6H14BFN2O. The molecule has 2 atom stereocenters. The maximum atomic E-state index is 12.8. The summed E-state index contributed by atoms with van der Waals surface area (Å²) in [5.74, 6) is 0. The Morgan fingerprint density at radius 1 is 1.82 bits per heavy atom. The Hall–Kier alpha value is -0.125. The van der Waals surface area contributed by atoms with E-state index in [1.54, 1.807) is 11.6 Å². The number of nitrogens with two attached hydrogens (primary N) is 1. The van der Waals surface area contributed by atoms with Gasteiger partial charge in [-0.05, 0) is 13.2 Å². The number of hydrogen-bond donors (Lipinski definition) is 2. The van der Waals surface area contributed by atoms with Gasteiger partial charge >= 0.3 is 7.05 Å². The summed E-state index contributed by atoms with van der Waals surface area (Å²) in [6, 6.07) is 0.0185. The highest BCUT2D eigenvalue weighted by Crippen LogP contribution is 2.19. The Morgan fingerprint density at radius 2 is 2.45 bits per heavy atom. The van der Waals surface area contributed by atoms with Crippen molar-refractivity contribution in [1.29, 1.82) is 0 Å². The quantitative estimate of drug-likeness (QED) is 0.533. The average molecular weight is 160 g/mol. The first-order valence-electron chi connectivity index (χ1n) is 3.93. The zero-order chi connectivity index (χ0) is 8.43. The molecule has 1 saturated heterocycles. The standard InChI is InChI=1S/C6H14BFN2O/c1-7(11)10-4-5(8)2-6(10)3-9/h5-6,11H,2-4,9H2,1H3/t5-,6-/m0/s1. The number of alkyl halides is 1. The molecule has 64 valence electrons. The molecule has 0 aromatic heterocycles. The van der Waals surface area contributed by atoms with E-state index in [0.717, 1.165) is 0 Å². The first kappa shape index (κ1) is 8.97. The van der Waals surface area contributed by atoms with Crippen molar-refractivity contribution in [2.45, 2.75) is 25.5 Å². The molecule has 0 aliphatic carbocycles. The van der Waals surface area contributed by atoms with Crippen molar-refractivity contribution in [3.05, 3.63) is 0 Å². The lowest BCUT2D eigenvalue weighted by atomic mass is 9.84. The zero-order valence-corrected chi connectivity index (χ0v) is 6.70. The predicted molar refractivity (Wildman–Crippen MR) is 42.9 cm³/mol. The van der Waals surface area contributed by atoms with E-state index in [1.807, 2.05) is 0 Å². The molecule has 11 heavy (non-hydrogen) atoms. The largest absolute Gasteiger partial charge is 0.437 e. The Morgan fingerprint density at radius 3 is 2.82 bits per heavy atom. The van der Waals surface area contributed by atoms with Gasteiger partial charge in [0.2, 0.25) is 0 Å². The van der Waals surface area contributed by atoms with E-state index in [-0.39, 0.29) is 6.04 Å². The molecule has 5 heteroatoms. The first-order valence-corrected chi connectivity index (χ1v) is 3.93. The molecular weight excluding hydrogens is 146 g/mol. The third kappa shape index (κ3) is 1.92. The van der Waals surface area contributed by atoms with E-state index >= 15 is 0 Å². The van der Waals surface area contributed by atoms with Crippen molar-refractivity contribution in [1.82, 2.24) is 4.81 Å². The Balaban J connectivity index is 2.50. The lowest BCUT2D eigenvalue weighted by molar-refractivity contribution is 0.324. The van der Waals surface area contributed by atoms with Crippen molar-refractivity contribution in [3.63, 3.8) is 0 Å². The van der Waals surface area contributed by atoms with Crippen LogP contribution in [0.15, 0.2) is 0 Å². The van der Waals surface area contributed by atoms with E-state index in [1.165, 1.54) is 0 Å². The minimum Gasteiger partial charge on any atom is -0.437 e. The van der Waals surface area contributed by atoms with E-state index in [2.05, 4.69) is 0 Å². The second-order valence-corrected chi connectivity index (χ2v) is 3.05. The van der Waals surface area contributed by atoms with Crippen LogP contribution < -0.4 is 5.73 Å². The normalized spacial score (nSPS) is 32.7. The zero-order valence-electron chi connectivity index (χ0n) is 6.70. The van der Waals surface area contributed by atoms with Crippen LogP contribution in [-0.2, 0) is 0 Å². The van der Waals surface area contributed by atoms with Crippen LogP contribution in [0.3, 0.4) is 0 Å². The molecule has 3 nitrogen and oxygen atoms in total. The number of nitrogens with zero attached hydrogens (tertiary/aromatic N) is 1. The molecule has 3 N–H and O–H groups in total. The molecule has 0 bridgehead atoms. The van der Waals surface area contributed by atoms with E-state index < -0.39 is 13.2 Å². The van der Waals surface area contributed by atoms with Crippen LogP contribution in [-0.4, -0.2) is 42.2 Å². The van der Waals surface area contributed by atoms with Gasteiger partial charge in [0.25, 0.3) is 0 Å². The van der Waals surface area contributed by atoms with Gasteiger partial charge in [0.05, 0.1) is 0 Å². The summed E-state index contributed by atoms with van der Waals surface area (Å²) in [6.07, 6.45) is -0.361. The summed E-state index contributed by atoms with van der Waals surface area (Å²) >= 11 is 0. The highest BCUT2D eigenvalue weighted by molar-refractivity contribution is 6.45. The van der Waals surface area contributed by atoms with Crippen LogP contribution in [0.4, 0.5) is 4.39 Å². The molecule has 0 spiro atoms. The second-order valence-electron chi connectivity index (χ2n) is 3.05. The Kier molecular flexibility index (Phi) is 2.87. The number of halogens is 1. The molecule has 0 saturated carbocycles. The lowest BCUT2D eigenvalue weighted by Gasteiger charge is -2.22. The van der Waals surface area contributed by atoms with Gasteiger partial charge < -0.3 is 15.6 Å². The molecule has 1 heterocycles. The van der Waals surface area contributed by atoms with Crippen molar-refractivity contribution in [2.75, 3.05) is 13.1 Å². The number of rotatable bonds is 2. The molecule has 1 aliphatic rings. The number of hydrogen-bond acceptors (Lipinski definition) is 3. The van der Waals surface area contributed by atoms with Crippen LogP contribution in [0.5, 0.6) is 0 Å². The van der Waals surface area contributed by atoms with Gasteiger partial charge in [0.15, 0.2) is 0 Å². The molecule has 1 aliphatic heterocycles. The smallest absolute Gasteiger partial charge is 0.376 e. The SMILES string of the molecule is CB(O)N1C[C@@H](F)C[C@H]1CN. The summed E-state index contributed by atoms with van der Waals surface area (Å²) in [6.45, 7) is 2.38. The molecule has 0 unspecified atom stereocenters. The van der Waals surface area contributed by atoms with Gasteiger partial charge in [-0.25, -0.2) is 4.39 Å². The van der Waals surface area contributed by atoms with Crippen LogP contribution in [0, 0.1) is 0 Å². The van der Waals surface area contributed by atoms with Crippen LogP contribution >= 0.6 is 0 Å². The van der Waals surface area contributed by atoms with E-state index in [9.17, 15) is 9.41 Å². The second kappa shape index (κ2) is 3.52.